The lowest BCUT2D eigenvalue weighted by atomic mass is 9.83. The van der Waals surface area contributed by atoms with Crippen LogP contribution in [-0.2, 0) is 6.61 Å². The van der Waals surface area contributed by atoms with Gasteiger partial charge in [0, 0.05) is 12.0 Å². The Kier molecular flexibility index (Phi) is 5.17. The van der Waals surface area contributed by atoms with Crippen LogP contribution in [-0.4, -0.2) is 22.0 Å². The fourth-order valence-electron chi connectivity index (χ4n) is 3.10. The molecule has 5 N–H and O–H groups in total. The quantitative estimate of drug-likeness (QED) is 0.563. The Hall–Kier alpha value is -2.41. The molecule has 0 saturated carbocycles. The van der Waals surface area contributed by atoms with Gasteiger partial charge in [0.25, 0.3) is 0 Å². The Morgan fingerprint density at radius 2 is 2.00 bits per heavy atom. The first-order valence-corrected chi connectivity index (χ1v) is 7.98. The van der Waals surface area contributed by atoms with Crippen LogP contribution in [0.25, 0.3) is 5.57 Å². The Morgan fingerprint density at radius 1 is 1.44 bits per heavy atom. The van der Waals surface area contributed by atoms with Gasteiger partial charge < -0.3 is 16.6 Å². The SMILES string of the molecule is C=C(N)C1=C(c2cc(F)c(CO)c(F)c2)CC(C)(C(C)C)N1/N=C\N. The minimum atomic E-state index is -0.806. The molecule has 1 unspecified atom stereocenters. The first kappa shape index (κ1) is 18.9. The highest BCUT2D eigenvalue weighted by Crippen LogP contribution is 2.47. The molecular weight excluding hydrogens is 326 g/mol. The Labute approximate surface area is 146 Å². The summed E-state index contributed by atoms with van der Waals surface area (Å²) in [5, 5.41) is 15.0. The second-order valence-electron chi connectivity index (χ2n) is 6.69. The maximum absolute atomic E-state index is 14.1. The average molecular weight is 350 g/mol. The minimum absolute atomic E-state index is 0.148. The van der Waals surface area contributed by atoms with Crippen molar-refractivity contribution in [3.63, 3.8) is 0 Å². The van der Waals surface area contributed by atoms with Crippen molar-refractivity contribution in [1.29, 1.82) is 0 Å². The zero-order valence-corrected chi connectivity index (χ0v) is 14.7. The molecule has 0 aromatic heterocycles. The number of hydrazone groups is 1. The third kappa shape index (κ3) is 3.11. The number of benzene rings is 1. The first-order chi connectivity index (χ1) is 11.7. The van der Waals surface area contributed by atoms with Gasteiger partial charge in [0.1, 0.15) is 18.0 Å². The number of hydrogen-bond acceptors (Lipinski definition) is 4. The first-order valence-electron chi connectivity index (χ1n) is 7.98. The number of nitrogens with zero attached hydrogens (tertiary/aromatic N) is 2. The summed E-state index contributed by atoms with van der Waals surface area (Å²) >= 11 is 0. The summed E-state index contributed by atoms with van der Waals surface area (Å²) in [5.74, 6) is -1.47. The molecule has 0 bridgehead atoms. The number of nitrogens with two attached hydrogens (primary N) is 2. The fourth-order valence-corrected chi connectivity index (χ4v) is 3.10. The summed E-state index contributed by atoms with van der Waals surface area (Å²) in [5.41, 5.74) is 12.3. The van der Waals surface area contributed by atoms with Crippen molar-refractivity contribution in [2.24, 2.45) is 22.5 Å². The van der Waals surface area contributed by atoms with Crippen LogP contribution in [0, 0.1) is 17.6 Å². The van der Waals surface area contributed by atoms with Crippen molar-refractivity contribution in [2.45, 2.75) is 39.3 Å². The van der Waals surface area contributed by atoms with Gasteiger partial charge in [-0.15, -0.1) is 0 Å². The van der Waals surface area contributed by atoms with E-state index in [1.165, 1.54) is 12.1 Å². The summed E-state index contributed by atoms with van der Waals surface area (Å²) in [7, 11) is 0. The van der Waals surface area contributed by atoms with Gasteiger partial charge >= 0.3 is 0 Å². The number of hydrogen-bond donors (Lipinski definition) is 3. The predicted molar refractivity (Wildman–Crippen MR) is 94.9 cm³/mol. The monoisotopic (exact) mass is 350 g/mol. The van der Waals surface area contributed by atoms with E-state index in [0.717, 1.165) is 6.34 Å². The smallest absolute Gasteiger partial charge is 0.132 e. The molecular formula is C18H24F2N4O. The van der Waals surface area contributed by atoms with E-state index in [0.29, 0.717) is 23.3 Å². The molecule has 25 heavy (non-hydrogen) atoms. The summed E-state index contributed by atoms with van der Waals surface area (Å²) in [6, 6.07) is 2.40. The molecule has 0 fully saturated rings. The largest absolute Gasteiger partial charge is 0.397 e. The van der Waals surface area contributed by atoms with Crippen molar-refractivity contribution in [1.82, 2.24) is 5.01 Å². The highest BCUT2D eigenvalue weighted by Gasteiger charge is 2.45. The van der Waals surface area contributed by atoms with Crippen molar-refractivity contribution >= 4 is 11.9 Å². The summed E-state index contributed by atoms with van der Waals surface area (Å²) in [4.78, 5) is 0. The van der Waals surface area contributed by atoms with E-state index in [9.17, 15) is 8.78 Å². The van der Waals surface area contributed by atoms with Crippen LogP contribution in [0.4, 0.5) is 8.78 Å². The van der Waals surface area contributed by atoms with E-state index in [4.69, 9.17) is 16.6 Å². The van der Waals surface area contributed by atoms with Gasteiger partial charge in [0.05, 0.1) is 23.5 Å². The fraction of sp³-hybridized carbons (Fsp3) is 0.389. The third-order valence-electron chi connectivity index (χ3n) is 4.89. The molecule has 0 amide bonds. The molecule has 1 atom stereocenters. The van der Waals surface area contributed by atoms with Gasteiger partial charge in [-0.1, -0.05) is 20.4 Å². The molecule has 0 spiro atoms. The molecule has 2 rings (SSSR count). The second-order valence-corrected chi connectivity index (χ2v) is 6.69. The minimum Gasteiger partial charge on any atom is -0.397 e. The molecule has 1 aromatic carbocycles. The van der Waals surface area contributed by atoms with Gasteiger partial charge in [-0.3, -0.25) is 5.01 Å². The summed E-state index contributed by atoms with van der Waals surface area (Å²) in [6.07, 6.45) is 1.62. The Balaban J connectivity index is 2.70. The summed E-state index contributed by atoms with van der Waals surface area (Å²) < 4.78 is 28.3. The molecule has 0 aliphatic carbocycles. The van der Waals surface area contributed by atoms with Crippen molar-refractivity contribution in [3.8, 4) is 0 Å². The standard InChI is InChI=1S/C18H24F2N4O/c1-10(2)18(4)7-13(17(11(3)22)24(18)23-9-21)12-5-15(19)14(8-25)16(20)6-12/h5-6,9-10,25H,3,7-8,22H2,1-2,4H3,(H2,21,23). The van der Waals surface area contributed by atoms with Crippen LogP contribution in [0.2, 0.25) is 0 Å². The third-order valence-corrected chi connectivity index (χ3v) is 4.89. The lowest BCUT2D eigenvalue weighted by Crippen LogP contribution is -2.43. The van der Waals surface area contributed by atoms with Crippen molar-refractivity contribution < 1.29 is 13.9 Å². The Bertz CT molecular complexity index is 734. The average Bonchev–Trinajstić information content (AvgIpc) is 2.82. The van der Waals surface area contributed by atoms with Crippen molar-refractivity contribution in [2.75, 3.05) is 0 Å². The molecule has 7 heteroatoms. The zero-order chi connectivity index (χ0) is 18.9. The molecule has 1 aliphatic rings. The van der Waals surface area contributed by atoms with Gasteiger partial charge in [0.2, 0.25) is 0 Å². The van der Waals surface area contributed by atoms with E-state index in [2.05, 4.69) is 11.7 Å². The lowest BCUT2D eigenvalue weighted by Gasteiger charge is -2.38. The summed E-state index contributed by atoms with van der Waals surface area (Å²) in [6.45, 7) is 9.10. The van der Waals surface area contributed by atoms with Crippen molar-refractivity contribution in [3.05, 3.63) is 52.9 Å². The topological polar surface area (TPSA) is 87.9 Å². The molecule has 1 aromatic rings. The van der Waals surface area contributed by atoms with Crippen LogP contribution in [0.1, 0.15) is 38.3 Å². The number of halogens is 2. The zero-order valence-electron chi connectivity index (χ0n) is 14.7. The molecule has 0 saturated heterocycles. The molecule has 1 heterocycles. The maximum atomic E-state index is 14.1. The van der Waals surface area contributed by atoms with Gasteiger partial charge in [-0.25, -0.2) is 8.78 Å². The van der Waals surface area contributed by atoms with Gasteiger partial charge in [-0.2, -0.15) is 5.10 Å². The molecule has 5 nitrogen and oxygen atoms in total. The van der Waals surface area contributed by atoms with Crippen LogP contribution in [0.5, 0.6) is 0 Å². The van der Waals surface area contributed by atoms with Crippen LogP contribution < -0.4 is 11.5 Å². The van der Waals surface area contributed by atoms with Crippen LogP contribution in [0.3, 0.4) is 0 Å². The second kappa shape index (κ2) is 6.84. The maximum Gasteiger partial charge on any atom is 0.132 e. The highest BCUT2D eigenvalue weighted by atomic mass is 19.1. The predicted octanol–water partition coefficient (Wildman–Crippen LogP) is 2.66. The van der Waals surface area contributed by atoms with E-state index >= 15 is 0 Å². The normalized spacial score (nSPS) is 21.0. The van der Waals surface area contributed by atoms with Gasteiger partial charge in [-0.05, 0) is 36.1 Å². The van der Waals surface area contributed by atoms with Crippen LogP contribution >= 0.6 is 0 Å². The number of rotatable bonds is 5. The van der Waals surface area contributed by atoms with Crippen LogP contribution in [0.15, 0.2) is 35.2 Å². The van der Waals surface area contributed by atoms with Gasteiger partial charge in [0.15, 0.2) is 0 Å². The number of aliphatic hydroxyl groups excluding tert-OH is 1. The van der Waals surface area contributed by atoms with E-state index in [1.807, 2.05) is 20.8 Å². The Morgan fingerprint density at radius 3 is 2.40 bits per heavy atom. The van der Waals surface area contributed by atoms with E-state index < -0.39 is 23.8 Å². The van der Waals surface area contributed by atoms with E-state index in [-0.39, 0.29) is 17.2 Å². The van der Waals surface area contributed by atoms with E-state index in [1.54, 1.807) is 5.01 Å². The molecule has 136 valence electrons. The number of aliphatic hydroxyl groups is 1. The molecule has 1 aliphatic heterocycles. The lowest BCUT2D eigenvalue weighted by molar-refractivity contribution is 0.125. The highest BCUT2D eigenvalue weighted by molar-refractivity contribution is 5.75. The molecule has 0 radical (unpaired) electrons.